The summed E-state index contributed by atoms with van der Waals surface area (Å²) in [5.74, 6) is 0.184. The number of hydrogen-bond acceptors (Lipinski definition) is 6. The number of piperidine rings is 1. The van der Waals surface area contributed by atoms with Crippen LogP contribution in [0.3, 0.4) is 0 Å². The van der Waals surface area contributed by atoms with Gasteiger partial charge in [-0.05, 0) is 50.8 Å². The Morgan fingerprint density at radius 3 is 2.87 bits per heavy atom. The first-order valence-corrected chi connectivity index (χ1v) is 10.7. The van der Waals surface area contributed by atoms with E-state index in [0.717, 1.165) is 30.4 Å². The highest BCUT2D eigenvalue weighted by Gasteiger charge is 2.27. The molecule has 3 aromatic rings. The van der Waals surface area contributed by atoms with Crippen LogP contribution in [0, 0.1) is 12.8 Å². The van der Waals surface area contributed by atoms with E-state index in [1.807, 2.05) is 23.1 Å². The van der Waals surface area contributed by atoms with Gasteiger partial charge in [0.05, 0.1) is 23.9 Å². The predicted molar refractivity (Wildman–Crippen MR) is 114 cm³/mol. The molecule has 1 aliphatic rings. The van der Waals surface area contributed by atoms with Crippen molar-refractivity contribution in [2.24, 2.45) is 5.92 Å². The smallest absolute Gasteiger partial charge is 0.253 e. The number of amides is 2. The number of likely N-dealkylation sites (tertiary alicyclic amines) is 1. The molecule has 1 atom stereocenters. The van der Waals surface area contributed by atoms with Crippen molar-refractivity contribution >= 4 is 22.8 Å². The summed E-state index contributed by atoms with van der Waals surface area (Å²) in [6, 6.07) is 5.69. The molecule has 4 rings (SSSR count). The minimum Gasteiger partial charge on any atom is -0.340 e. The third kappa shape index (κ3) is 4.45. The second kappa shape index (κ2) is 8.87. The van der Waals surface area contributed by atoms with Gasteiger partial charge in [-0.3, -0.25) is 9.59 Å². The molecule has 3 heterocycles. The molecule has 0 spiro atoms. The summed E-state index contributed by atoms with van der Waals surface area (Å²) < 4.78 is 6.76. The Labute approximate surface area is 181 Å². The topological polar surface area (TPSA) is 97.4 Å². The fourth-order valence-electron chi connectivity index (χ4n) is 4.16. The minimum absolute atomic E-state index is 0.00254. The van der Waals surface area contributed by atoms with Gasteiger partial charge in [0.2, 0.25) is 5.91 Å². The van der Waals surface area contributed by atoms with Crippen molar-refractivity contribution in [2.75, 3.05) is 20.1 Å². The highest BCUT2D eigenvalue weighted by atomic mass is 16.6. The maximum absolute atomic E-state index is 13.1. The van der Waals surface area contributed by atoms with E-state index in [2.05, 4.69) is 26.8 Å². The van der Waals surface area contributed by atoms with Gasteiger partial charge in [-0.2, -0.15) is 0 Å². The van der Waals surface area contributed by atoms with Crippen molar-refractivity contribution in [3.05, 3.63) is 41.5 Å². The quantitative estimate of drug-likeness (QED) is 0.603. The van der Waals surface area contributed by atoms with Crippen LogP contribution in [-0.2, 0) is 17.9 Å². The van der Waals surface area contributed by atoms with Gasteiger partial charge >= 0.3 is 0 Å². The van der Waals surface area contributed by atoms with Gasteiger partial charge in [-0.25, -0.2) is 9.61 Å². The van der Waals surface area contributed by atoms with E-state index in [-0.39, 0.29) is 17.7 Å². The molecule has 0 radical (unpaired) electrons. The Hall–Kier alpha value is -3.23. The number of benzene rings is 1. The van der Waals surface area contributed by atoms with Gasteiger partial charge < -0.3 is 14.4 Å². The maximum atomic E-state index is 13.1. The van der Waals surface area contributed by atoms with E-state index >= 15 is 0 Å². The second-order valence-corrected chi connectivity index (χ2v) is 8.24. The van der Waals surface area contributed by atoms with Crippen molar-refractivity contribution in [3.8, 4) is 0 Å². The van der Waals surface area contributed by atoms with E-state index in [9.17, 15) is 9.59 Å². The Balaban J connectivity index is 1.38. The standard InChI is InChI=1S/C22H28N6O3/c1-4-27-14-23-18-11-17(7-8-20(18)27)22(30)28-9-5-6-16(12-28)10-21(29)26(3)13-19-15(2)24-31-25-19/h7-8,11,14,16H,4-6,9-10,12-13H2,1-3H3/t16-/m0/s1. The molecule has 1 aliphatic heterocycles. The van der Waals surface area contributed by atoms with Crippen LogP contribution in [0.1, 0.15) is 47.9 Å². The Bertz CT molecular complexity index is 1090. The number of aromatic nitrogens is 4. The average Bonchev–Trinajstić information content (AvgIpc) is 3.38. The normalized spacial score (nSPS) is 16.6. The molecule has 0 bridgehead atoms. The van der Waals surface area contributed by atoms with Crippen LogP contribution in [0.4, 0.5) is 0 Å². The first-order valence-electron chi connectivity index (χ1n) is 10.7. The van der Waals surface area contributed by atoms with Crippen molar-refractivity contribution in [1.29, 1.82) is 0 Å². The van der Waals surface area contributed by atoms with Crippen LogP contribution in [0.5, 0.6) is 0 Å². The van der Waals surface area contributed by atoms with Gasteiger partial charge in [-0.1, -0.05) is 10.3 Å². The summed E-state index contributed by atoms with van der Waals surface area (Å²) in [6.45, 7) is 6.38. The zero-order chi connectivity index (χ0) is 22.0. The lowest BCUT2D eigenvalue weighted by Crippen LogP contribution is -2.41. The fourth-order valence-corrected chi connectivity index (χ4v) is 4.16. The van der Waals surface area contributed by atoms with Gasteiger partial charge in [-0.15, -0.1) is 0 Å². The summed E-state index contributed by atoms with van der Waals surface area (Å²) in [4.78, 5) is 33.7. The molecule has 1 fully saturated rings. The van der Waals surface area contributed by atoms with Crippen molar-refractivity contribution in [2.45, 2.75) is 46.2 Å². The molecule has 9 nitrogen and oxygen atoms in total. The molecule has 0 saturated carbocycles. The zero-order valence-corrected chi connectivity index (χ0v) is 18.2. The van der Waals surface area contributed by atoms with E-state index in [1.54, 1.807) is 25.2 Å². The van der Waals surface area contributed by atoms with Crippen LogP contribution in [0.2, 0.25) is 0 Å². The summed E-state index contributed by atoms with van der Waals surface area (Å²) in [5.41, 5.74) is 3.86. The van der Waals surface area contributed by atoms with Crippen molar-refractivity contribution < 1.29 is 14.2 Å². The second-order valence-electron chi connectivity index (χ2n) is 8.24. The molecule has 0 unspecified atom stereocenters. The number of rotatable bonds is 6. The SMILES string of the molecule is CCn1cnc2cc(C(=O)N3CCC[C@@H](CC(=O)N(C)Cc4nonc4C)C3)ccc21. The minimum atomic E-state index is 0.00254. The Morgan fingerprint density at radius 1 is 1.29 bits per heavy atom. The first kappa shape index (κ1) is 21.0. The summed E-state index contributed by atoms with van der Waals surface area (Å²) in [5, 5.41) is 7.60. The molecular formula is C22H28N6O3. The first-order chi connectivity index (χ1) is 15.0. The summed E-state index contributed by atoms with van der Waals surface area (Å²) in [6.07, 6.45) is 4.04. The third-order valence-corrected chi connectivity index (χ3v) is 6.04. The van der Waals surface area contributed by atoms with E-state index in [1.165, 1.54) is 0 Å². The van der Waals surface area contributed by atoms with Crippen LogP contribution >= 0.6 is 0 Å². The van der Waals surface area contributed by atoms with Crippen LogP contribution in [0.15, 0.2) is 29.2 Å². The summed E-state index contributed by atoms with van der Waals surface area (Å²) >= 11 is 0. The van der Waals surface area contributed by atoms with E-state index < -0.39 is 0 Å². The largest absolute Gasteiger partial charge is 0.340 e. The third-order valence-electron chi connectivity index (χ3n) is 6.04. The predicted octanol–water partition coefficient (Wildman–Crippen LogP) is 2.65. The van der Waals surface area contributed by atoms with Gasteiger partial charge in [0, 0.05) is 38.7 Å². The van der Waals surface area contributed by atoms with Crippen molar-refractivity contribution in [3.63, 3.8) is 0 Å². The number of hydrogen-bond donors (Lipinski definition) is 0. The van der Waals surface area contributed by atoms with E-state index in [4.69, 9.17) is 4.63 Å². The van der Waals surface area contributed by atoms with Gasteiger partial charge in [0.25, 0.3) is 5.91 Å². The Morgan fingerprint density at radius 2 is 2.13 bits per heavy atom. The monoisotopic (exact) mass is 424 g/mol. The number of carbonyl (C=O) groups excluding carboxylic acids is 2. The fraction of sp³-hybridized carbons (Fsp3) is 0.500. The molecule has 31 heavy (non-hydrogen) atoms. The highest BCUT2D eigenvalue weighted by Crippen LogP contribution is 2.23. The van der Waals surface area contributed by atoms with Crippen molar-refractivity contribution in [1.82, 2.24) is 29.7 Å². The maximum Gasteiger partial charge on any atom is 0.253 e. The molecule has 164 valence electrons. The number of carbonyl (C=O) groups is 2. The molecule has 1 saturated heterocycles. The number of aryl methyl sites for hydroxylation is 2. The van der Waals surface area contributed by atoms with Crippen LogP contribution in [-0.4, -0.2) is 61.6 Å². The zero-order valence-electron chi connectivity index (χ0n) is 18.2. The highest BCUT2D eigenvalue weighted by molar-refractivity contribution is 5.97. The molecule has 2 amide bonds. The van der Waals surface area contributed by atoms with Gasteiger partial charge in [0.1, 0.15) is 11.4 Å². The number of nitrogens with zero attached hydrogens (tertiary/aromatic N) is 6. The molecule has 9 heteroatoms. The number of fused-ring (bicyclic) bond motifs is 1. The van der Waals surface area contributed by atoms with Crippen LogP contribution < -0.4 is 0 Å². The summed E-state index contributed by atoms with van der Waals surface area (Å²) in [7, 11) is 1.76. The molecule has 0 aliphatic carbocycles. The molecular weight excluding hydrogens is 396 g/mol. The average molecular weight is 425 g/mol. The van der Waals surface area contributed by atoms with Crippen LogP contribution in [0.25, 0.3) is 11.0 Å². The molecule has 2 aromatic heterocycles. The van der Waals surface area contributed by atoms with E-state index in [0.29, 0.717) is 43.0 Å². The molecule has 1 aromatic carbocycles. The molecule has 0 N–H and O–H groups in total. The lowest BCUT2D eigenvalue weighted by molar-refractivity contribution is -0.131. The lowest BCUT2D eigenvalue weighted by atomic mass is 9.93. The van der Waals surface area contributed by atoms with Gasteiger partial charge in [0.15, 0.2) is 0 Å². The number of imidazole rings is 1. The lowest BCUT2D eigenvalue weighted by Gasteiger charge is -2.33. The Kier molecular flexibility index (Phi) is 6.01.